The lowest BCUT2D eigenvalue weighted by Gasteiger charge is -2.33. The van der Waals surface area contributed by atoms with Crippen LogP contribution in [0, 0.1) is 0 Å². The molecule has 3 nitrogen and oxygen atoms in total. The summed E-state index contributed by atoms with van der Waals surface area (Å²) in [6.45, 7) is 1.89. The minimum absolute atomic E-state index is 0.104. The molecule has 1 N–H and O–H groups in total. The third-order valence-corrected chi connectivity index (χ3v) is 6.64. The molecule has 112 valence electrons. The van der Waals surface area contributed by atoms with Crippen LogP contribution < -0.4 is 0 Å². The fourth-order valence-corrected chi connectivity index (χ4v) is 5.51. The second kappa shape index (κ2) is 6.27. The van der Waals surface area contributed by atoms with Gasteiger partial charge in [0.05, 0.1) is 16.6 Å². The number of aliphatic hydroxyl groups is 1. The van der Waals surface area contributed by atoms with Crippen LogP contribution in [0.2, 0.25) is 0 Å². The van der Waals surface area contributed by atoms with Crippen molar-refractivity contribution in [1.82, 2.24) is 0 Å². The first-order valence-corrected chi connectivity index (χ1v) is 9.17. The van der Waals surface area contributed by atoms with E-state index in [9.17, 15) is 13.5 Å². The van der Waals surface area contributed by atoms with Gasteiger partial charge in [0, 0.05) is 0 Å². The van der Waals surface area contributed by atoms with E-state index in [0.717, 1.165) is 24.8 Å². The molecule has 0 bridgehead atoms. The van der Waals surface area contributed by atoms with E-state index in [0.29, 0.717) is 19.3 Å². The molecule has 0 aromatic heterocycles. The summed E-state index contributed by atoms with van der Waals surface area (Å²) in [5.41, 5.74) is -0.186. The number of sulfone groups is 1. The Hall–Kier alpha value is -0.870. The second-order valence-corrected chi connectivity index (χ2v) is 8.08. The first-order valence-electron chi connectivity index (χ1n) is 7.46. The zero-order chi connectivity index (χ0) is 14.6. The van der Waals surface area contributed by atoms with Crippen LogP contribution in [0.3, 0.4) is 0 Å². The number of rotatable bonds is 5. The summed E-state index contributed by atoms with van der Waals surface area (Å²) in [7, 11) is -3.33. The first-order chi connectivity index (χ1) is 9.47. The largest absolute Gasteiger partial charge is 0.389 e. The van der Waals surface area contributed by atoms with Gasteiger partial charge in [-0.25, -0.2) is 8.42 Å². The molecule has 4 heteroatoms. The Bertz CT molecular complexity index is 516. The van der Waals surface area contributed by atoms with Gasteiger partial charge in [-0.3, -0.25) is 0 Å². The van der Waals surface area contributed by atoms with Crippen molar-refractivity contribution in [3.8, 4) is 0 Å². The Morgan fingerprint density at radius 1 is 1.15 bits per heavy atom. The van der Waals surface area contributed by atoms with Crippen molar-refractivity contribution in [3.05, 3.63) is 35.9 Å². The van der Waals surface area contributed by atoms with Gasteiger partial charge in [-0.15, -0.1) is 0 Å². The molecule has 20 heavy (non-hydrogen) atoms. The van der Waals surface area contributed by atoms with Crippen molar-refractivity contribution < 1.29 is 13.5 Å². The van der Waals surface area contributed by atoms with Gasteiger partial charge >= 0.3 is 0 Å². The lowest BCUT2D eigenvalue weighted by atomic mass is 9.86. The molecule has 0 radical (unpaired) electrons. The van der Waals surface area contributed by atoms with Gasteiger partial charge in [-0.1, -0.05) is 56.5 Å². The van der Waals surface area contributed by atoms with E-state index >= 15 is 0 Å². The Morgan fingerprint density at radius 3 is 2.30 bits per heavy atom. The molecule has 1 saturated carbocycles. The molecular formula is C16H24O3S. The zero-order valence-electron chi connectivity index (χ0n) is 12.1. The maximum absolute atomic E-state index is 12.7. The van der Waals surface area contributed by atoms with Gasteiger partial charge in [0.15, 0.2) is 9.84 Å². The molecule has 1 aliphatic rings. The fourth-order valence-electron chi connectivity index (χ4n) is 3.19. The molecule has 1 aliphatic carbocycles. The molecule has 0 unspecified atom stereocenters. The van der Waals surface area contributed by atoms with E-state index in [1.165, 1.54) is 0 Å². The van der Waals surface area contributed by atoms with Crippen molar-refractivity contribution in [3.63, 3.8) is 0 Å². The third kappa shape index (κ3) is 3.61. The van der Waals surface area contributed by atoms with Crippen LogP contribution in [0.4, 0.5) is 0 Å². The van der Waals surface area contributed by atoms with Crippen LogP contribution >= 0.6 is 0 Å². The van der Waals surface area contributed by atoms with E-state index < -0.39 is 20.7 Å². The SMILES string of the molecule is CC[C@@H](c1ccccc1)S(=O)(=O)CC1(O)CCCCC1. The van der Waals surface area contributed by atoms with E-state index in [1.54, 1.807) is 0 Å². The molecule has 0 spiro atoms. The first kappa shape index (κ1) is 15.5. The van der Waals surface area contributed by atoms with Crippen molar-refractivity contribution in [1.29, 1.82) is 0 Å². The summed E-state index contributed by atoms with van der Waals surface area (Å²) in [6.07, 6.45) is 4.71. The highest BCUT2D eigenvalue weighted by Crippen LogP contribution is 2.34. The quantitative estimate of drug-likeness (QED) is 0.907. The lowest BCUT2D eigenvalue weighted by Crippen LogP contribution is -2.40. The second-order valence-electron chi connectivity index (χ2n) is 5.90. The van der Waals surface area contributed by atoms with Gasteiger partial charge in [-0.2, -0.15) is 0 Å². The maximum Gasteiger partial charge on any atom is 0.160 e. The normalized spacial score (nSPS) is 20.5. The summed E-state index contributed by atoms with van der Waals surface area (Å²) in [6, 6.07) is 9.33. The molecule has 1 aromatic carbocycles. The molecule has 0 heterocycles. The molecule has 0 aliphatic heterocycles. The summed E-state index contributed by atoms with van der Waals surface area (Å²) in [4.78, 5) is 0. The Labute approximate surface area is 121 Å². The summed E-state index contributed by atoms with van der Waals surface area (Å²) >= 11 is 0. The monoisotopic (exact) mass is 296 g/mol. The fraction of sp³-hybridized carbons (Fsp3) is 0.625. The van der Waals surface area contributed by atoms with Crippen molar-refractivity contribution >= 4 is 9.84 Å². The van der Waals surface area contributed by atoms with Crippen LogP contribution in [0.15, 0.2) is 30.3 Å². The van der Waals surface area contributed by atoms with Crippen LogP contribution in [0.25, 0.3) is 0 Å². The van der Waals surface area contributed by atoms with Crippen molar-refractivity contribution in [2.24, 2.45) is 0 Å². The van der Waals surface area contributed by atoms with Crippen molar-refractivity contribution in [2.45, 2.75) is 56.3 Å². The Balaban J connectivity index is 2.20. The Morgan fingerprint density at radius 2 is 1.75 bits per heavy atom. The van der Waals surface area contributed by atoms with Crippen LogP contribution in [0.1, 0.15) is 56.3 Å². The van der Waals surface area contributed by atoms with Crippen LogP contribution in [-0.2, 0) is 9.84 Å². The molecule has 1 aromatic rings. The summed E-state index contributed by atoms with van der Waals surface area (Å²) in [5.74, 6) is -0.104. The van der Waals surface area contributed by atoms with Gasteiger partial charge in [-0.05, 0) is 24.8 Å². The average Bonchev–Trinajstić information content (AvgIpc) is 2.40. The molecule has 1 atom stereocenters. The number of hydrogen-bond donors (Lipinski definition) is 1. The zero-order valence-corrected chi connectivity index (χ0v) is 12.9. The van der Waals surface area contributed by atoms with E-state index in [4.69, 9.17) is 0 Å². The van der Waals surface area contributed by atoms with E-state index in [2.05, 4.69) is 0 Å². The lowest BCUT2D eigenvalue weighted by molar-refractivity contribution is 0.0255. The molecule has 0 saturated heterocycles. The van der Waals surface area contributed by atoms with E-state index in [1.807, 2.05) is 37.3 Å². The van der Waals surface area contributed by atoms with Crippen molar-refractivity contribution in [2.75, 3.05) is 5.75 Å². The maximum atomic E-state index is 12.7. The highest BCUT2D eigenvalue weighted by molar-refractivity contribution is 7.91. The van der Waals surface area contributed by atoms with Crippen LogP contribution in [-0.4, -0.2) is 24.9 Å². The minimum atomic E-state index is -3.33. The summed E-state index contributed by atoms with van der Waals surface area (Å²) < 4.78 is 25.4. The van der Waals surface area contributed by atoms with Gasteiger partial charge in [0.2, 0.25) is 0 Å². The van der Waals surface area contributed by atoms with Gasteiger partial charge in [0.1, 0.15) is 0 Å². The Kier molecular flexibility index (Phi) is 4.86. The van der Waals surface area contributed by atoms with E-state index in [-0.39, 0.29) is 5.75 Å². The molecule has 0 amide bonds. The number of benzene rings is 1. The highest BCUT2D eigenvalue weighted by Gasteiger charge is 2.37. The molecule has 2 rings (SSSR count). The third-order valence-electron chi connectivity index (χ3n) is 4.23. The minimum Gasteiger partial charge on any atom is -0.389 e. The van der Waals surface area contributed by atoms with Gasteiger partial charge in [0.25, 0.3) is 0 Å². The summed E-state index contributed by atoms with van der Waals surface area (Å²) in [5, 5.41) is 10.0. The molecular weight excluding hydrogens is 272 g/mol. The standard InChI is InChI=1S/C16H24O3S/c1-2-15(14-9-5-3-6-10-14)20(18,19)13-16(17)11-7-4-8-12-16/h3,5-6,9-10,15,17H,2,4,7-8,11-13H2,1H3/t15-/m0/s1. The number of hydrogen-bond acceptors (Lipinski definition) is 3. The topological polar surface area (TPSA) is 54.4 Å². The average molecular weight is 296 g/mol. The van der Waals surface area contributed by atoms with Gasteiger partial charge < -0.3 is 5.11 Å². The smallest absolute Gasteiger partial charge is 0.160 e. The predicted octanol–water partition coefficient (Wildman–Crippen LogP) is 3.25. The molecule has 1 fully saturated rings. The predicted molar refractivity (Wildman–Crippen MR) is 81.3 cm³/mol. The highest BCUT2D eigenvalue weighted by atomic mass is 32.2. The van der Waals surface area contributed by atoms with Crippen LogP contribution in [0.5, 0.6) is 0 Å².